The number of pyridine rings is 1. The molecule has 0 aromatic carbocycles. The minimum Gasteiger partial charge on any atom is -0.404 e. The van der Waals surface area contributed by atoms with Crippen LogP contribution < -0.4 is 27.4 Å². The highest BCUT2D eigenvalue weighted by Crippen LogP contribution is 2.25. The Morgan fingerprint density at radius 3 is 2.79 bits per heavy atom. The Morgan fingerprint density at radius 1 is 1.33 bits per heavy atom. The Kier molecular flexibility index (Phi) is 7.50. The minimum atomic E-state index is -0.0511. The third-order valence-electron chi connectivity index (χ3n) is 5.37. The second kappa shape index (κ2) is 10.5. The van der Waals surface area contributed by atoms with Gasteiger partial charge in [0.1, 0.15) is 11.7 Å². The van der Waals surface area contributed by atoms with Crippen molar-refractivity contribution in [2.45, 2.75) is 26.8 Å². The highest BCUT2D eigenvalue weighted by atomic mass is 15.1. The first-order valence-corrected chi connectivity index (χ1v) is 10.8. The number of rotatable bonds is 7. The third-order valence-corrected chi connectivity index (χ3v) is 5.37. The van der Waals surface area contributed by atoms with Crippen molar-refractivity contribution < 1.29 is 0 Å². The summed E-state index contributed by atoms with van der Waals surface area (Å²) in [4.78, 5) is 8.93. The molecule has 3 rings (SSSR count). The zero-order chi connectivity index (χ0) is 24.0. The Morgan fingerprint density at radius 2 is 2.12 bits per heavy atom. The zero-order valence-corrected chi connectivity index (χ0v) is 19.5. The number of nitrogens with one attached hydrogen (secondary N) is 4. The normalized spacial score (nSPS) is 18.6. The van der Waals surface area contributed by atoms with Gasteiger partial charge in [-0.3, -0.25) is 10.4 Å². The molecule has 2 aliphatic rings. The molecule has 0 radical (unpaired) electrons. The SMILES string of the molecule is CN/C=C(\C(=N)c1cnccc1C)C1=CNC2C=CC(N/C(N)=C/C(=C\N)C(C)C)=NC2=C1. The molecule has 0 spiro atoms. The van der Waals surface area contributed by atoms with Gasteiger partial charge in [-0.05, 0) is 54.5 Å². The molecule has 0 bridgehead atoms. The van der Waals surface area contributed by atoms with Gasteiger partial charge in [0.05, 0.1) is 17.5 Å². The lowest BCUT2D eigenvalue weighted by molar-refractivity contribution is 0.757. The summed E-state index contributed by atoms with van der Waals surface area (Å²) in [6.07, 6.45) is 16.4. The van der Waals surface area contributed by atoms with Gasteiger partial charge in [-0.2, -0.15) is 0 Å². The first-order chi connectivity index (χ1) is 15.8. The van der Waals surface area contributed by atoms with Gasteiger partial charge in [0.2, 0.25) is 0 Å². The minimum absolute atomic E-state index is 0.0511. The van der Waals surface area contributed by atoms with E-state index in [2.05, 4.69) is 34.8 Å². The number of aliphatic imine (C=N–C) groups is 1. The van der Waals surface area contributed by atoms with Crippen molar-refractivity contribution in [1.29, 1.82) is 5.41 Å². The summed E-state index contributed by atoms with van der Waals surface area (Å²) in [5.41, 5.74) is 17.4. The Labute approximate surface area is 195 Å². The second-order valence-electron chi connectivity index (χ2n) is 8.13. The third kappa shape index (κ3) is 5.60. The molecule has 0 saturated carbocycles. The van der Waals surface area contributed by atoms with E-state index >= 15 is 0 Å². The molecule has 8 N–H and O–H groups in total. The predicted octanol–water partition coefficient (Wildman–Crippen LogP) is 2.46. The maximum absolute atomic E-state index is 8.80. The van der Waals surface area contributed by atoms with Crippen molar-refractivity contribution in [1.82, 2.24) is 20.9 Å². The van der Waals surface area contributed by atoms with E-state index in [1.807, 2.05) is 56.7 Å². The Hall–Kier alpha value is -4.07. The number of hydrogen-bond acceptors (Lipinski definition) is 8. The summed E-state index contributed by atoms with van der Waals surface area (Å²) in [6, 6.07) is 1.85. The van der Waals surface area contributed by atoms with Crippen LogP contribution in [-0.2, 0) is 0 Å². The molecule has 0 amide bonds. The van der Waals surface area contributed by atoms with E-state index in [4.69, 9.17) is 21.9 Å². The quantitative estimate of drug-likeness (QED) is 0.282. The van der Waals surface area contributed by atoms with E-state index in [1.165, 1.54) is 0 Å². The van der Waals surface area contributed by atoms with Gasteiger partial charge < -0.3 is 27.4 Å². The molecule has 1 aromatic heterocycles. The smallest absolute Gasteiger partial charge is 0.131 e. The largest absolute Gasteiger partial charge is 0.404 e. The standard InChI is InChI=1S/C25H32N8/c1-15(2)17(11-26)10-23(27)33-24-6-5-21-22(32-24)9-18(12-31-21)20(13-29-4)25(28)19-14-30-8-7-16(19)3/h5-15,21,28-29,31H,26-27H2,1-4H3,(H,32,33)/b17-11+,20-13-,23-10+,28-25?. The maximum Gasteiger partial charge on any atom is 0.131 e. The average molecular weight is 445 g/mol. The number of nitrogens with two attached hydrogens (primary N) is 2. The van der Waals surface area contributed by atoms with E-state index < -0.39 is 0 Å². The summed E-state index contributed by atoms with van der Waals surface area (Å²) >= 11 is 0. The molecule has 0 aliphatic carbocycles. The molecule has 2 aliphatic heterocycles. The van der Waals surface area contributed by atoms with Gasteiger partial charge in [-0.1, -0.05) is 19.9 Å². The number of hydrogen-bond donors (Lipinski definition) is 6. The summed E-state index contributed by atoms with van der Waals surface area (Å²) in [5, 5.41) is 18.3. The summed E-state index contributed by atoms with van der Waals surface area (Å²) < 4.78 is 0. The maximum atomic E-state index is 8.80. The Balaban J connectivity index is 1.87. The van der Waals surface area contributed by atoms with Gasteiger partial charge in [0.25, 0.3) is 0 Å². The van der Waals surface area contributed by atoms with Crippen LogP contribution in [0.3, 0.4) is 0 Å². The first-order valence-electron chi connectivity index (χ1n) is 10.8. The topological polar surface area (TPSA) is 137 Å². The molecule has 1 atom stereocenters. The molecule has 1 aromatic rings. The van der Waals surface area contributed by atoms with Crippen LogP contribution in [0.2, 0.25) is 0 Å². The van der Waals surface area contributed by atoms with Crippen molar-refractivity contribution in [2.24, 2.45) is 22.4 Å². The highest BCUT2D eigenvalue weighted by molar-refractivity contribution is 6.14. The summed E-state index contributed by atoms with van der Waals surface area (Å²) in [5.74, 6) is 1.36. The summed E-state index contributed by atoms with van der Waals surface area (Å²) in [6.45, 7) is 6.08. The molecule has 33 heavy (non-hydrogen) atoms. The predicted molar refractivity (Wildman–Crippen MR) is 135 cm³/mol. The molecule has 172 valence electrons. The number of nitrogens with zero attached hydrogens (tertiary/aromatic N) is 2. The van der Waals surface area contributed by atoms with Gasteiger partial charge >= 0.3 is 0 Å². The van der Waals surface area contributed by atoms with Crippen molar-refractivity contribution in [2.75, 3.05) is 7.05 Å². The van der Waals surface area contributed by atoms with Crippen LogP contribution in [-0.4, -0.2) is 29.6 Å². The van der Waals surface area contributed by atoms with E-state index in [1.54, 1.807) is 18.6 Å². The highest BCUT2D eigenvalue weighted by Gasteiger charge is 2.22. The van der Waals surface area contributed by atoms with Crippen molar-refractivity contribution >= 4 is 11.5 Å². The molecule has 0 fully saturated rings. The average Bonchev–Trinajstić information content (AvgIpc) is 2.80. The van der Waals surface area contributed by atoms with Crippen LogP contribution in [0.5, 0.6) is 0 Å². The van der Waals surface area contributed by atoms with Gasteiger partial charge in [0.15, 0.2) is 0 Å². The monoisotopic (exact) mass is 444 g/mol. The fraction of sp³-hybridized carbons (Fsp3) is 0.240. The zero-order valence-electron chi connectivity index (χ0n) is 19.5. The number of dihydropyridines is 2. The van der Waals surface area contributed by atoms with E-state index in [0.717, 1.165) is 33.5 Å². The number of aryl methyl sites for hydroxylation is 1. The van der Waals surface area contributed by atoms with Crippen molar-refractivity contribution in [3.05, 3.63) is 101 Å². The van der Waals surface area contributed by atoms with Crippen LogP contribution in [0.4, 0.5) is 0 Å². The van der Waals surface area contributed by atoms with Crippen LogP contribution in [0.1, 0.15) is 25.0 Å². The van der Waals surface area contributed by atoms with Crippen LogP contribution in [0.15, 0.2) is 94.6 Å². The van der Waals surface area contributed by atoms with Crippen LogP contribution in [0, 0.1) is 18.3 Å². The van der Waals surface area contributed by atoms with Crippen molar-refractivity contribution in [3.63, 3.8) is 0 Å². The molecule has 8 nitrogen and oxygen atoms in total. The number of amidine groups is 1. The Bertz CT molecular complexity index is 1130. The number of allylic oxidation sites excluding steroid dienone is 5. The molecule has 8 heteroatoms. The first kappa shape index (κ1) is 23.6. The van der Waals surface area contributed by atoms with Crippen molar-refractivity contribution in [3.8, 4) is 0 Å². The molecular weight excluding hydrogens is 412 g/mol. The number of aromatic nitrogens is 1. The second-order valence-corrected chi connectivity index (χ2v) is 8.13. The van der Waals surface area contributed by atoms with Crippen LogP contribution in [0.25, 0.3) is 0 Å². The molecule has 0 saturated heterocycles. The van der Waals surface area contributed by atoms with E-state index in [9.17, 15) is 0 Å². The molecule has 1 unspecified atom stereocenters. The van der Waals surface area contributed by atoms with Gasteiger partial charge in [0, 0.05) is 48.6 Å². The van der Waals surface area contributed by atoms with E-state index in [0.29, 0.717) is 17.4 Å². The lowest BCUT2D eigenvalue weighted by atomic mass is 9.92. The van der Waals surface area contributed by atoms with Gasteiger partial charge in [-0.15, -0.1) is 0 Å². The lowest BCUT2D eigenvalue weighted by Gasteiger charge is -2.25. The summed E-state index contributed by atoms with van der Waals surface area (Å²) in [7, 11) is 1.82. The van der Waals surface area contributed by atoms with E-state index in [-0.39, 0.29) is 12.0 Å². The lowest BCUT2D eigenvalue weighted by Crippen LogP contribution is -2.34. The molecular formula is C25H32N8. The van der Waals surface area contributed by atoms with Gasteiger partial charge in [-0.25, -0.2) is 4.99 Å². The fourth-order valence-corrected chi connectivity index (χ4v) is 3.49. The number of fused-ring (bicyclic) bond motifs is 1. The van der Waals surface area contributed by atoms with Crippen LogP contribution >= 0.6 is 0 Å². The fourth-order valence-electron chi connectivity index (χ4n) is 3.49. The molecule has 3 heterocycles.